The maximum absolute atomic E-state index is 12.9. The van der Waals surface area contributed by atoms with Crippen molar-refractivity contribution in [3.63, 3.8) is 0 Å². The SMILES string of the molecule is O=C(COc1ccc(Cl)cc1Cl)Nc1nnc(-c2ccc(F)cc2)s1. The van der Waals surface area contributed by atoms with Crippen LogP contribution in [0, 0.1) is 5.82 Å². The number of hydrogen-bond donors (Lipinski definition) is 1. The third-order valence-corrected chi connectivity index (χ3v) is 4.43. The van der Waals surface area contributed by atoms with Crippen LogP contribution in [0.2, 0.25) is 10.0 Å². The summed E-state index contributed by atoms with van der Waals surface area (Å²) < 4.78 is 18.3. The Morgan fingerprint density at radius 2 is 1.92 bits per heavy atom. The quantitative estimate of drug-likeness (QED) is 0.679. The van der Waals surface area contributed by atoms with Crippen LogP contribution in [0.3, 0.4) is 0 Å². The number of amides is 1. The average Bonchev–Trinajstić information content (AvgIpc) is 3.03. The number of nitrogens with one attached hydrogen (secondary N) is 1. The number of carbonyl (C=O) groups excluding carboxylic acids is 1. The summed E-state index contributed by atoms with van der Waals surface area (Å²) in [7, 11) is 0. The molecule has 0 bridgehead atoms. The zero-order valence-corrected chi connectivity index (χ0v) is 14.8. The molecule has 0 fully saturated rings. The van der Waals surface area contributed by atoms with E-state index in [9.17, 15) is 9.18 Å². The topological polar surface area (TPSA) is 64.1 Å². The van der Waals surface area contributed by atoms with Gasteiger partial charge in [-0.05, 0) is 42.5 Å². The molecule has 25 heavy (non-hydrogen) atoms. The summed E-state index contributed by atoms with van der Waals surface area (Å²) in [6.07, 6.45) is 0. The highest BCUT2D eigenvalue weighted by atomic mass is 35.5. The molecule has 1 aromatic heterocycles. The van der Waals surface area contributed by atoms with Gasteiger partial charge >= 0.3 is 0 Å². The maximum atomic E-state index is 12.9. The fourth-order valence-electron chi connectivity index (χ4n) is 1.87. The van der Waals surface area contributed by atoms with Crippen LogP contribution in [0.25, 0.3) is 10.6 Å². The Labute approximate surface area is 156 Å². The highest BCUT2D eigenvalue weighted by molar-refractivity contribution is 7.18. The van der Waals surface area contributed by atoms with Crippen molar-refractivity contribution in [3.05, 3.63) is 58.3 Å². The molecule has 128 valence electrons. The first-order chi connectivity index (χ1) is 12.0. The molecule has 0 saturated carbocycles. The molecule has 1 heterocycles. The first-order valence-electron chi connectivity index (χ1n) is 6.98. The Morgan fingerprint density at radius 1 is 1.16 bits per heavy atom. The minimum Gasteiger partial charge on any atom is -0.482 e. The third kappa shape index (κ3) is 4.66. The average molecular weight is 398 g/mol. The number of carbonyl (C=O) groups is 1. The lowest BCUT2D eigenvalue weighted by atomic mass is 10.2. The van der Waals surface area contributed by atoms with E-state index in [1.54, 1.807) is 24.3 Å². The lowest BCUT2D eigenvalue weighted by Crippen LogP contribution is -2.20. The Morgan fingerprint density at radius 3 is 2.64 bits per heavy atom. The van der Waals surface area contributed by atoms with Gasteiger partial charge in [-0.3, -0.25) is 10.1 Å². The van der Waals surface area contributed by atoms with Gasteiger partial charge in [0, 0.05) is 10.6 Å². The number of aromatic nitrogens is 2. The molecule has 0 spiro atoms. The van der Waals surface area contributed by atoms with Crippen LogP contribution in [0.1, 0.15) is 0 Å². The highest BCUT2D eigenvalue weighted by Gasteiger charge is 2.11. The van der Waals surface area contributed by atoms with Crippen LogP contribution in [-0.2, 0) is 4.79 Å². The highest BCUT2D eigenvalue weighted by Crippen LogP contribution is 2.28. The van der Waals surface area contributed by atoms with E-state index in [-0.39, 0.29) is 12.4 Å². The standard InChI is InChI=1S/C16H10Cl2FN3O2S/c17-10-3-6-13(12(18)7-10)24-8-14(23)20-16-22-21-15(25-16)9-1-4-11(19)5-2-9/h1-7H,8H2,(H,20,22,23). The first-order valence-corrected chi connectivity index (χ1v) is 8.55. The fourth-order valence-corrected chi connectivity index (χ4v) is 3.10. The molecule has 0 radical (unpaired) electrons. The first kappa shape index (κ1) is 17.6. The Balaban J connectivity index is 1.59. The summed E-state index contributed by atoms with van der Waals surface area (Å²) in [5.41, 5.74) is 0.712. The van der Waals surface area contributed by atoms with Crippen LogP contribution < -0.4 is 10.1 Å². The van der Waals surface area contributed by atoms with Crippen LogP contribution in [0.5, 0.6) is 5.75 Å². The van der Waals surface area contributed by atoms with Crippen molar-refractivity contribution in [1.82, 2.24) is 10.2 Å². The van der Waals surface area contributed by atoms with Gasteiger partial charge in [-0.25, -0.2) is 4.39 Å². The second kappa shape index (κ2) is 7.77. The minimum atomic E-state index is -0.409. The van der Waals surface area contributed by atoms with Crippen molar-refractivity contribution in [3.8, 4) is 16.3 Å². The van der Waals surface area contributed by atoms with Crippen molar-refractivity contribution in [1.29, 1.82) is 0 Å². The van der Waals surface area contributed by atoms with Crippen molar-refractivity contribution in [2.75, 3.05) is 11.9 Å². The van der Waals surface area contributed by atoms with Gasteiger partial charge in [0.2, 0.25) is 5.13 Å². The summed E-state index contributed by atoms with van der Waals surface area (Å²) in [5, 5.41) is 12.1. The molecule has 3 aromatic rings. The molecular weight excluding hydrogens is 388 g/mol. The van der Waals surface area contributed by atoms with E-state index in [0.717, 1.165) is 0 Å². The van der Waals surface area contributed by atoms with E-state index in [2.05, 4.69) is 15.5 Å². The number of rotatable bonds is 5. The second-order valence-electron chi connectivity index (χ2n) is 4.83. The van der Waals surface area contributed by atoms with E-state index in [1.807, 2.05) is 0 Å². The molecule has 1 amide bonds. The zero-order valence-electron chi connectivity index (χ0n) is 12.5. The zero-order chi connectivity index (χ0) is 17.8. The lowest BCUT2D eigenvalue weighted by Gasteiger charge is -2.07. The molecular formula is C16H10Cl2FN3O2S. The lowest BCUT2D eigenvalue weighted by molar-refractivity contribution is -0.118. The van der Waals surface area contributed by atoms with Crippen molar-refractivity contribution in [2.45, 2.75) is 0 Å². The van der Waals surface area contributed by atoms with Crippen LogP contribution in [0.4, 0.5) is 9.52 Å². The summed E-state index contributed by atoms with van der Waals surface area (Å²) >= 11 is 12.9. The summed E-state index contributed by atoms with van der Waals surface area (Å²) in [6, 6.07) is 10.6. The Hall–Kier alpha value is -2.22. The molecule has 0 aliphatic carbocycles. The minimum absolute atomic E-state index is 0.243. The van der Waals surface area contributed by atoms with Crippen molar-refractivity contribution in [2.24, 2.45) is 0 Å². The van der Waals surface area contributed by atoms with E-state index in [0.29, 0.717) is 31.5 Å². The number of hydrogen-bond acceptors (Lipinski definition) is 5. The summed E-state index contributed by atoms with van der Waals surface area (Å²) in [5.74, 6) is -0.391. The smallest absolute Gasteiger partial charge is 0.264 e. The molecule has 0 unspecified atom stereocenters. The normalized spacial score (nSPS) is 10.5. The molecule has 0 aliphatic rings. The predicted octanol–water partition coefficient (Wildman–Crippen LogP) is 4.67. The van der Waals surface area contributed by atoms with E-state index in [1.165, 1.54) is 29.5 Å². The number of anilines is 1. The van der Waals surface area contributed by atoms with Crippen LogP contribution >= 0.6 is 34.5 Å². The van der Waals surface area contributed by atoms with Gasteiger partial charge in [-0.1, -0.05) is 34.5 Å². The van der Waals surface area contributed by atoms with Gasteiger partial charge in [0.1, 0.15) is 16.6 Å². The number of benzene rings is 2. The van der Waals surface area contributed by atoms with Gasteiger partial charge in [-0.2, -0.15) is 0 Å². The van der Waals surface area contributed by atoms with Gasteiger partial charge < -0.3 is 4.74 Å². The molecule has 5 nitrogen and oxygen atoms in total. The molecule has 0 saturated heterocycles. The monoisotopic (exact) mass is 397 g/mol. The van der Waals surface area contributed by atoms with E-state index in [4.69, 9.17) is 27.9 Å². The van der Waals surface area contributed by atoms with Gasteiger partial charge in [0.05, 0.1) is 5.02 Å². The number of ether oxygens (including phenoxy) is 1. The third-order valence-electron chi connectivity index (χ3n) is 3.02. The Bertz CT molecular complexity index is 903. The molecule has 0 aliphatic heterocycles. The van der Waals surface area contributed by atoms with Gasteiger partial charge in [-0.15, -0.1) is 10.2 Å². The molecule has 2 aromatic carbocycles. The van der Waals surface area contributed by atoms with Gasteiger partial charge in [0.25, 0.3) is 5.91 Å². The summed E-state index contributed by atoms with van der Waals surface area (Å²) in [6.45, 7) is -0.243. The molecule has 3 rings (SSSR count). The van der Waals surface area contributed by atoms with Crippen LogP contribution in [0.15, 0.2) is 42.5 Å². The Kier molecular flexibility index (Phi) is 5.47. The van der Waals surface area contributed by atoms with E-state index >= 15 is 0 Å². The molecule has 0 atom stereocenters. The van der Waals surface area contributed by atoms with Crippen molar-refractivity contribution < 1.29 is 13.9 Å². The van der Waals surface area contributed by atoms with Crippen LogP contribution in [-0.4, -0.2) is 22.7 Å². The maximum Gasteiger partial charge on any atom is 0.264 e. The van der Waals surface area contributed by atoms with Gasteiger partial charge in [0.15, 0.2) is 6.61 Å². The predicted molar refractivity (Wildman–Crippen MR) is 95.9 cm³/mol. The second-order valence-corrected chi connectivity index (χ2v) is 6.65. The van der Waals surface area contributed by atoms with Crippen molar-refractivity contribution >= 4 is 45.6 Å². The summed E-state index contributed by atoms with van der Waals surface area (Å²) in [4.78, 5) is 11.9. The fraction of sp³-hybridized carbons (Fsp3) is 0.0625. The number of nitrogens with zero attached hydrogens (tertiary/aromatic N) is 2. The number of halogens is 3. The molecule has 9 heteroatoms. The largest absolute Gasteiger partial charge is 0.482 e. The molecule has 1 N–H and O–H groups in total. The van der Waals surface area contributed by atoms with E-state index < -0.39 is 5.91 Å².